The first-order valence-electron chi connectivity index (χ1n) is 11.2. The zero-order valence-corrected chi connectivity index (χ0v) is 20.5. The van der Waals surface area contributed by atoms with Crippen molar-refractivity contribution in [3.8, 4) is 5.75 Å². The number of benzene rings is 3. The number of nitrogens with zero attached hydrogens (tertiary/aromatic N) is 2. The number of likely N-dealkylation sites (tertiary alicyclic amines) is 1. The van der Waals surface area contributed by atoms with E-state index in [0.717, 1.165) is 29.1 Å². The molecule has 8 heteroatoms. The highest BCUT2D eigenvalue weighted by atomic mass is 35.5. The van der Waals surface area contributed by atoms with E-state index in [9.17, 15) is 13.2 Å². The molecule has 1 aliphatic rings. The van der Waals surface area contributed by atoms with Crippen LogP contribution in [0.2, 0.25) is 5.02 Å². The van der Waals surface area contributed by atoms with Gasteiger partial charge in [-0.1, -0.05) is 41.9 Å². The van der Waals surface area contributed by atoms with Gasteiger partial charge in [-0.3, -0.25) is 9.10 Å². The lowest BCUT2D eigenvalue weighted by molar-refractivity contribution is -0.133. The molecule has 1 unspecified atom stereocenters. The Morgan fingerprint density at radius 1 is 1.00 bits per heavy atom. The fraction of sp³-hybridized carbons (Fsp3) is 0.269. The Hall–Kier alpha value is -3.03. The van der Waals surface area contributed by atoms with Crippen LogP contribution < -0.4 is 9.04 Å². The fourth-order valence-electron chi connectivity index (χ4n) is 4.26. The first-order valence-corrected chi connectivity index (χ1v) is 13.0. The van der Waals surface area contributed by atoms with Crippen molar-refractivity contribution in [2.45, 2.75) is 30.2 Å². The minimum absolute atomic E-state index is 0.0711. The molecule has 0 aromatic heterocycles. The minimum atomic E-state index is -4.02. The van der Waals surface area contributed by atoms with Gasteiger partial charge in [0.1, 0.15) is 12.3 Å². The summed E-state index contributed by atoms with van der Waals surface area (Å²) in [7, 11) is -2.50. The molecule has 1 saturated heterocycles. The van der Waals surface area contributed by atoms with E-state index in [-0.39, 0.29) is 23.4 Å². The van der Waals surface area contributed by atoms with Crippen LogP contribution in [0.1, 0.15) is 30.9 Å². The summed E-state index contributed by atoms with van der Waals surface area (Å²) in [6, 6.07) is 22.4. The topological polar surface area (TPSA) is 66.9 Å². The second-order valence-corrected chi connectivity index (χ2v) is 10.5. The first kappa shape index (κ1) is 24.1. The van der Waals surface area contributed by atoms with Gasteiger partial charge in [-0.25, -0.2) is 8.42 Å². The average molecular weight is 499 g/mol. The van der Waals surface area contributed by atoms with Gasteiger partial charge in [0.15, 0.2) is 0 Å². The van der Waals surface area contributed by atoms with Gasteiger partial charge in [0.25, 0.3) is 10.0 Å². The number of methoxy groups -OCH3 is 1. The molecule has 6 nitrogen and oxygen atoms in total. The summed E-state index contributed by atoms with van der Waals surface area (Å²) in [6.45, 7) is 0.286. The average Bonchev–Trinajstić information content (AvgIpc) is 2.88. The number of amides is 1. The molecule has 34 heavy (non-hydrogen) atoms. The molecule has 0 saturated carbocycles. The van der Waals surface area contributed by atoms with E-state index < -0.39 is 10.0 Å². The van der Waals surface area contributed by atoms with E-state index in [1.54, 1.807) is 36.4 Å². The number of hydrogen-bond acceptors (Lipinski definition) is 4. The normalized spacial score (nSPS) is 16.2. The lowest BCUT2D eigenvalue weighted by atomic mass is 9.95. The predicted octanol–water partition coefficient (Wildman–Crippen LogP) is 5.30. The molecule has 1 amide bonds. The van der Waals surface area contributed by atoms with Crippen LogP contribution in [-0.2, 0) is 14.8 Å². The van der Waals surface area contributed by atoms with Crippen molar-refractivity contribution in [2.75, 3.05) is 24.5 Å². The number of rotatable bonds is 7. The van der Waals surface area contributed by atoms with Gasteiger partial charge in [0, 0.05) is 11.6 Å². The highest BCUT2D eigenvalue weighted by Gasteiger charge is 2.33. The molecular formula is C26H27ClN2O4S. The van der Waals surface area contributed by atoms with Crippen LogP contribution in [0, 0.1) is 0 Å². The smallest absolute Gasteiger partial charge is 0.264 e. The van der Waals surface area contributed by atoms with Crippen LogP contribution in [0.15, 0.2) is 83.8 Å². The van der Waals surface area contributed by atoms with Gasteiger partial charge < -0.3 is 9.64 Å². The summed E-state index contributed by atoms with van der Waals surface area (Å²) < 4.78 is 33.6. The van der Waals surface area contributed by atoms with E-state index in [1.165, 1.54) is 19.2 Å². The van der Waals surface area contributed by atoms with Gasteiger partial charge in [0.05, 0.1) is 23.7 Å². The lowest BCUT2D eigenvalue weighted by Gasteiger charge is -2.37. The van der Waals surface area contributed by atoms with Crippen LogP contribution in [0.5, 0.6) is 5.75 Å². The van der Waals surface area contributed by atoms with E-state index in [1.807, 2.05) is 35.2 Å². The molecule has 1 aliphatic heterocycles. The molecule has 1 fully saturated rings. The minimum Gasteiger partial charge on any atom is -0.497 e. The predicted molar refractivity (Wildman–Crippen MR) is 134 cm³/mol. The molecule has 3 aromatic rings. The number of piperidine rings is 1. The van der Waals surface area contributed by atoms with E-state index >= 15 is 0 Å². The molecular weight excluding hydrogens is 472 g/mol. The Morgan fingerprint density at radius 3 is 2.32 bits per heavy atom. The summed E-state index contributed by atoms with van der Waals surface area (Å²) >= 11 is 6.04. The van der Waals surface area contributed by atoms with Gasteiger partial charge in [-0.2, -0.15) is 0 Å². The number of halogens is 1. The summed E-state index contributed by atoms with van der Waals surface area (Å²) in [5.41, 5.74) is 1.44. The second-order valence-electron chi connectivity index (χ2n) is 8.17. The standard InChI is InChI=1S/C26H27ClN2O4S/c1-33-23-14-16-24(17-15-23)34(31,32)29(22-12-10-21(27)11-13-22)19-26(30)28-18-6-5-9-25(28)20-7-3-2-4-8-20/h2-4,7-8,10-17,25H,5-6,9,18-19H2,1H3. The third-order valence-corrected chi connectivity index (χ3v) is 8.09. The monoisotopic (exact) mass is 498 g/mol. The molecule has 3 aromatic carbocycles. The summed E-state index contributed by atoms with van der Waals surface area (Å²) in [5, 5.41) is 0.483. The molecule has 0 radical (unpaired) electrons. The van der Waals surface area contributed by atoms with Crippen LogP contribution in [-0.4, -0.2) is 39.4 Å². The zero-order valence-electron chi connectivity index (χ0n) is 18.9. The number of carbonyl (C=O) groups is 1. The van der Waals surface area contributed by atoms with Crippen molar-refractivity contribution in [3.05, 3.63) is 89.4 Å². The third kappa shape index (κ3) is 5.21. The molecule has 178 valence electrons. The molecule has 0 spiro atoms. The van der Waals surface area contributed by atoms with Crippen molar-refractivity contribution in [3.63, 3.8) is 0 Å². The van der Waals surface area contributed by atoms with Crippen molar-refractivity contribution in [1.82, 2.24) is 4.90 Å². The SMILES string of the molecule is COc1ccc(S(=O)(=O)N(CC(=O)N2CCCCC2c2ccccc2)c2ccc(Cl)cc2)cc1. The summed E-state index contributed by atoms with van der Waals surface area (Å²) in [5.74, 6) is 0.313. The number of hydrogen-bond donors (Lipinski definition) is 0. The van der Waals surface area contributed by atoms with Gasteiger partial charge >= 0.3 is 0 Å². The quantitative estimate of drug-likeness (QED) is 0.443. The molecule has 4 rings (SSSR count). The van der Waals surface area contributed by atoms with Crippen LogP contribution in [0.4, 0.5) is 5.69 Å². The Morgan fingerprint density at radius 2 is 1.68 bits per heavy atom. The van der Waals surface area contributed by atoms with Gasteiger partial charge in [-0.05, 0) is 73.4 Å². The van der Waals surface area contributed by atoms with Crippen LogP contribution >= 0.6 is 11.6 Å². The largest absolute Gasteiger partial charge is 0.497 e. The highest BCUT2D eigenvalue weighted by Crippen LogP contribution is 2.32. The Bertz CT molecular complexity index is 1220. The maximum Gasteiger partial charge on any atom is 0.264 e. The number of sulfonamides is 1. The van der Waals surface area contributed by atoms with E-state index in [2.05, 4.69) is 0 Å². The maximum absolute atomic E-state index is 13.7. The van der Waals surface area contributed by atoms with Crippen LogP contribution in [0.3, 0.4) is 0 Å². The first-order chi connectivity index (χ1) is 16.4. The Balaban J connectivity index is 1.67. The molecule has 0 bridgehead atoms. The fourth-order valence-corrected chi connectivity index (χ4v) is 5.80. The number of ether oxygens (including phenoxy) is 1. The third-order valence-electron chi connectivity index (χ3n) is 6.05. The van der Waals surface area contributed by atoms with Crippen molar-refractivity contribution in [1.29, 1.82) is 0 Å². The van der Waals surface area contributed by atoms with Crippen molar-refractivity contribution < 1.29 is 17.9 Å². The Labute approximate surface area is 205 Å². The van der Waals surface area contributed by atoms with Crippen molar-refractivity contribution in [2.24, 2.45) is 0 Å². The highest BCUT2D eigenvalue weighted by molar-refractivity contribution is 7.92. The Kier molecular flexibility index (Phi) is 7.44. The van der Waals surface area contributed by atoms with Crippen molar-refractivity contribution >= 4 is 33.2 Å². The zero-order chi connectivity index (χ0) is 24.1. The number of anilines is 1. The van der Waals surface area contributed by atoms with E-state index in [0.29, 0.717) is 23.0 Å². The molecule has 1 heterocycles. The van der Waals surface area contributed by atoms with E-state index in [4.69, 9.17) is 16.3 Å². The lowest BCUT2D eigenvalue weighted by Crippen LogP contribution is -2.46. The molecule has 0 aliphatic carbocycles. The molecule has 0 N–H and O–H groups in total. The van der Waals surface area contributed by atoms with Crippen LogP contribution in [0.25, 0.3) is 0 Å². The maximum atomic E-state index is 13.7. The summed E-state index contributed by atoms with van der Waals surface area (Å²) in [6.07, 6.45) is 2.76. The second kappa shape index (κ2) is 10.5. The molecule has 1 atom stereocenters. The van der Waals surface area contributed by atoms with Gasteiger partial charge in [-0.15, -0.1) is 0 Å². The number of carbonyl (C=O) groups excluding carboxylic acids is 1. The van der Waals surface area contributed by atoms with Gasteiger partial charge in [0.2, 0.25) is 5.91 Å². The summed E-state index contributed by atoms with van der Waals surface area (Å²) in [4.78, 5) is 15.5.